The Morgan fingerprint density at radius 2 is 1.79 bits per heavy atom. The number of hydrogen-bond donors (Lipinski definition) is 0. The van der Waals surface area contributed by atoms with Gasteiger partial charge >= 0.3 is 0 Å². The molecular weight excluding hydrogens is 362 g/mol. The second-order valence-electron chi connectivity index (χ2n) is 6.80. The molecule has 2 nitrogen and oxygen atoms in total. The van der Waals surface area contributed by atoms with Gasteiger partial charge in [0.1, 0.15) is 0 Å². The Morgan fingerprint density at radius 3 is 2.46 bits per heavy atom. The van der Waals surface area contributed by atoms with Gasteiger partial charge in [0.15, 0.2) is 6.04 Å². The predicted molar refractivity (Wildman–Crippen MR) is 102 cm³/mol. The van der Waals surface area contributed by atoms with Gasteiger partial charge in [-0.1, -0.05) is 46.0 Å². The van der Waals surface area contributed by atoms with Crippen LogP contribution in [0.3, 0.4) is 0 Å². The van der Waals surface area contributed by atoms with Crippen molar-refractivity contribution < 1.29 is 4.74 Å². The molecule has 1 aliphatic rings. The minimum atomic E-state index is -0.144. The highest BCUT2D eigenvalue weighted by Gasteiger charge is 2.44. The highest BCUT2D eigenvalue weighted by Crippen LogP contribution is 2.36. The van der Waals surface area contributed by atoms with Gasteiger partial charge in [-0.05, 0) is 50.2 Å². The van der Waals surface area contributed by atoms with Gasteiger partial charge in [-0.2, -0.15) is 0 Å². The molecule has 0 N–H and O–H groups in total. The first-order valence-corrected chi connectivity index (χ1v) is 8.90. The van der Waals surface area contributed by atoms with Crippen molar-refractivity contribution in [2.75, 3.05) is 0 Å². The third kappa shape index (κ3) is 3.55. The van der Waals surface area contributed by atoms with Gasteiger partial charge in [0.25, 0.3) is 0 Å². The molecule has 3 heteroatoms. The van der Waals surface area contributed by atoms with Crippen LogP contribution in [0.2, 0.25) is 0 Å². The molecule has 1 unspecified atom stereocenters. The van der Waals surface area contributed by atoms with Crippen molar-refractivity contribution in [1.82, 2.24) is 0 Å². The predicted octanol–water partition coefficient (Wildman–Crippen LogP) is 4.99. The minimum absolute atomic E-state index is 0.0881. The number of benzene rings is 2. The summed E-state index contributed by atoms with van der Waals surface area (Å²) in [6, 6.07) is 17.8. The standard InChI is InChI=1S/C21H20BrNO/c1-21(2)15-19(10-6-9-16-7-4-3-5-8-16)23(24)20(21)17-11-13-18(22)14-12-17/h3-5,7-8,11-14,19H,10,15H2,1-2H3. The maximum atomic E-state index is 12.8. The monoisotopic (exact) mass is 381 g/mol. The van der Waals surface area contributed by atoms with Crippen LogP contribution in [-0.2, 0) is 0 Å². The Labute approximate surface area is 151 Å². The molecule has 0 saturated heterocycles. The SMILES string of the molecule is CC1(C)CC(CC#Cc2ccccc2)[N+]([O-])=C1c1ccc(Br)cc1. The molecule has 3 rings (SSSR count). The first-order valence-electron chi connectivity index (χ1n) is 8.11. The van der Waals surface area contributed by atoms with Gasteiger partial charge in [-0.25, -0.2) is 4.74 Å². The molecule has 0 aromatic heterocycles. The van der Waals surface area contributed by atoms with E-state index in [4.69, 9.17) is 0 Å². The van der Waals surface area contributed by atoms with Crippen LogP contribution < -0.4 is 0 Å². The number of hydroxylamine groups is 1. The fraction of sp³-hybridized carbons (Fsp3) is 0.286. The summed E-state index contributed by atoms with van der Waals surface area (Å²) in [7, 11) is 0. The lowest BCUT2D eigenvalue weighted by atomic mass is 9.81. The number of nitrogens with zero attached hydrogens (tertiary/aromatic N) is 1. The summed E-state index contributed by atoms with van der Waals surface area (Å²) in [6.45, 7) is 4.28. The van der Waals surface area contributed by atoms with Crippen LogP contribution in [0.5, 0.6) is 0 Å². The molecule has 0 aliphatic carbocycles. The molecule has 2 aromatic rings. The van der Waals surface area contributed by atoms with E-state index in [-0.39, 0.29) is 11.5 Å². The summed E-state index contributed by atoms with van der Waals surface area (Å²) in [5.74, 6) is 6.33. The highest BCUT2D eigenvalue weighted by atomic mass is 79.9. The zero-order valence-corrected chi connectivity index (χ0v) is 15.5. The van der Waals surface area contributed by atoms with Gasteiger partial charge < -0.3 is 5.21 Å². The topological polar surface area (TPSA) is 26.1 Å². The second-order valence-corrected chi connectivity index (χ2v) is 7.71. The Morgan fingerprint density at radius 1 is 1.12 bits per heavy atom. The minimum Gasteiger partial charge on any atom is -0.623 e. The average molecular weight is 382 g/mol. The summed E-state index contributed by atoms with van der Waals surface area (Å²) >= 11 is 3.45. The largest absolute Gasteiger partial charge is 0.623 e. The molecule has 122 valence electrons. The molecular formula is C21H20BrNO. The Kier molecular flexibility index (Phi) is 4.78. The van der Waals surface area contributed by atoms with Gasteiger partial charge in [-0.15, -0.1) is 0 Å². The van der Waals surface area contributed by atoms with Gasteiger partial charge in [-0.3, -0.25) is 0 Å². The van der Waals surface area contributed by atoms with E-state index in [1.54, 1.807) is 0 Å². The summed E-state index contributed by atoms with van der Waals surface area (Å²) in [6.07, 6.45) is 1.41. The fourth-order valence-corrected chi connectivity index (χ4v) is 3.59. The molecule has 0 fully saturated rings. The van der Waals surface area contributed by atoms with Crippen molar-refractivity contribution in [2.24, 2.45) is 5.41 Å². The number of halogens is 1. The second kappa shape index (κ2) is 6.83. The maximum Gasteiger partial charge on any atom is 0.200 e. The molecule has 0 amide bonds. The van der Waals surface area contributed by atoms with Gasteiger partial charge in [0, 0.05) is 22.0 Å². The van der Waals surface area contributed by atoms with Crippen LogP contribution in [-0.4, -0.2) is 16.5 Å². The first-order chi connectivity index (χ1) is 11.5. The average Bonchev–Trinajstić information content (AvgIpc) is 2.79. The van der Waals surface area contributed by atoms with Crippen LogP contribution in [0.1, 0.15) is 37.8 Å². The van der Waals surface area contributed by atoms with Crippen LogP contribution in [0.15, 0.2) is 59.1 Å². The lowest BCUT2D eigenvalue weighted by Crippen LogP contribution is -2.24. The highest BCUT2D eigenvalue weighted by molar-refractivity contribution is 9.10. The molecule has 0 radical (unpaired) electrons. The molecule has 1 aliphatic heterocycles. The zero-order valence-electron chi connectivity index (χ0n) is 13.9. The normalized spacial score (nSPS) is 19.0. The van der Waals surface area contributed by atoms with Crippen LogP contribution in [0, 0.1) is 22.5 Å². The first kappa shape index (κ1) is 16.8. The summed E-state index contributed by atoms with van der Waals surface area (Å²) < 4.78 is 2.20. The number of hydrogen-bond acceptors (Lipinski definition) is 1. The lowest BCUT2D eigenvalue weighted by molar-refractivity contribution is -0.490. The fourth-order valence-electron chi connectivity index (χ4n) is 3.32. The number of rotatable bonds is 2. The van der Waals surface area contributed by atoms with Crippen molar-refractivity contribution in [3.8, 4) is 11.8 Å². The van der Waals surface area contributed by atoms with Crippen LogP contribution >= 0.6 is 15.9 Å². The molecule has 1 heterocycles. The van der Waals surface area contributed by atoms with Crippen LogP contribution in [0.25, 0.3) is 0 Å². The van der Waals surface area contributed by atoms with Crippen molar-refractivity contribution >= 4 is 21.6 Å². The summed E-state index contributed by atoms with van der Waals surface area (Å²) in [5.41, 5.74) is 2.71. The quantitative estimate of drug-likeness (QED) is 0.408. The van der Waals surface area contributed by atoms with E-state index in [2.05, 4.69) is 41.6 Å². The van der Waals surface area contributed by atoms with E-state index in [0.717, 1.165) is 27.7 Å². The van der Waals surface area contributed by atoms with E-state index >= 15 is 0 Å². The zero-order chi connectivity index (χ0) is 17.2. The Hall–Kier alpha value is -2.05. The van der Waals surface area contributed by atoms with Crippen molar-refractivity contribution in [1.29, 1.82) is 0 Å². The van der Waals surface area contributed by atoms with E-state index in [0.29, 0.717) is 6.42 Å². The molecule has 0 spiro atoms. The van der Waals surface area contributed by atoms with E-state index in [9.17, 15) is 5.21 Å². The Balaban J connectivity index is 1.84. The lowest BCUT2D eigenvalue weighted by Gasteiger charge is -2.16. The third-order valence-corrected chi connectivity index (χ3v) is 4.93. The smallest absolute Gasteiger partial charge is 0.200 e. The summed E-state index contributed by atoms with van der Waals surface area (Å²) in [4.78, 5) is 0. The van der Waals surface area contributed by atoms with Crippen molar-refractivity contribution in [2.45, 2.75) is 32.7 Å². The van der Waals surface area contributed by atoms with Crippen molar-refractivity contribution in [3.05, 3.63) is 75.4 Å². The van der Waals surface area contributed by atoms with E-state index in [1.165, 1.54) is 4.74 Å². The summed E-state index contributed by atoms with van der Waals surface area (Å²) in [5, 5.41) is 12.8. The van der Waals surface area contributed by atoms with Gasteiger partial charge in [0.05, 0.1) is 11.8 Å². The maximum absolute atomic E-state index is 12.8. The molecule has 2 aromatic carbocycles. The molecule has 0 saturated carbocycles. The van der Waals surface area contributed by atoms with Crippen molar-refractivity contribution in [3.63, 3.8) is 0 Å². The van der Waals surface area contributed by atoms with E-state index < -0.39 is 0 Å². The molecule has 24 heavy (non-hydrogen) atoms. The Bertz CT molecular complexity index is 810. The van der Waals surface area contributed by atoms with Crippen LogP contribution in [0.4, 0.5) is 0 Å². The van der Waals surface area contributed by atoms with E-state index in [1.807, 2.05) is 54.6 Å². The molecule has 0 bridgehead atoms. The van der Waals surface area contributed by atoms with Gasteiger partial charge in [0.2, 0.25) is 5.71 Å². The third-order valence-electron chi connectivity index (χ3n) is 4.40. The molecule has 1 atom stereocenters.